The van der Waals surface area contributed by atoms with Crippen molar-refractivity contribution in [2.45, 2.75) is 13.2 Å². The average molecular weight is 337 g/mol. The molecule has 0 aliphatic carbocycles. The summed E-state index contributed by atoms with van der Waals surface area (Å²) < 4.78 is 6.66. The SMILES string of the molecule is N#Cc1ccc(COCc2ccc(Br)cc2)c(Cl)c1. The lowest BCUT2D eigenvalue weighted by molar-refractivity contribution is 0.107. The van der Waals surface area contributed by atoms with E-state index >= 15 is 0 Å². The number of hydrogen-bond acceptors (Lipinski definition) is 2. The molecule has 0 saturated heterocycles. The fraction of sp³-hybridized carbons (Fsp3) is 0.133. The molecule has 2 nitrogen and oxygen atoms in total. The third kappa shape index (κ3) is 4.07. The molecule has 4 heteroatoms. The van der Waals surface area contributed by atoms with Crippen molar-refractivity contribution in [3.8, 4) is 6.07 Å². The van der Waals surface area contributed by atoms with Gasteiger partial charge in [-0.1, -0.05) is 45.7 Å². The third-order valence-corrected chi connectivity index (χ3v) is 3.50. The molecule has 0 N–H and O–H groups in total. The lowest BCUT2D eigenvalue weighted by Gasteiger charge is -2.07. The Kier molecular flexibility index (Phi) is 4.98. The summed E-state index contributed by atoms with van der Waals surface area (Å²) in [6.07, 6.45) is 0. The molecule has 0 spiro atoms. The summed E-state index contributed by atoms with van der Waals surface area (Å²) in [6, 6.07) is 15.2. The van der Waals surface area contributed by atoms with Crippen LogP contribution in [-0.2, 0) is 18.0 Å². The topological polar surface area (TPSA) is 33.0 Å². The van der Waals surface area contributed by atoms with E-state index in [9.17, 15) is 0 Å². The molecule has 0 aliphatic heterocycles. The number of halogens is 2. The first-order valence-electron chi connectivity index (χ1n) is 5.70. The van der Waals surface area contributed by atoms with Crippen molar-refractivity contribution in [1.29, 1.82) is 5.26 Å². The molecule has 0 radical (unpaired) electrons. The molecule has 0 aromatic heterocycles. The van der Waals surface area contributed by atoms with Crippen molar-refractivity contribution in [2.75, 3.05) is 0 Å². The Morgan fingerprint density at radius 3 is 2.47 bits per heavy atom. The quantitative estimate of drug-likeness (QED) is 0.811. The second kappa shape index (κ2) is 6.72. The number of rotatable bonds is 4. The first-order valence-corrected chi connectivity index (χ1v) is 6.87. The maximum absolute atomic E-state index is 8.76. The van der Waals surface area contributed by atoms with Gasteiger partial charge in [0.25, 0.3) is 0 Å². The summed E-state index contributed by atoms with van der Waals surface area (Å²) in [5.74, 6) is 0. The van der Waals surface area contributed by atoms with Crippen molar-refractivity contribution in [2.24, 2.45) is 0 Å². The Balaban J connectivity index is 1.92. The van der Waals surface area contributed by atoms with Gasteiger partial charge in [-0.15, -0.1) is 0 Å². The zero-order valence-electron chi connectivity index (χ0n) is 10.1. The van der Waals surface area contributed by atoms with Gasteiger partial charge < -0.3 is 4.74 Å². The molecule has 0 unspecified atom stereocenters. The summed E-state index contributed by atoms with van der Waals surface area (Å²) in [5.41, 5.74) is 2.55. The van der Waals surface area contributed by atoms with Gasteiger partial charge in [-0.3, -0.25) is 0 Å². The highest BCUT2D eigenvalue weighted by Gasteiger charge is 2.02. The molecule has 0 heterocycles. The van der Waals surface area contributed by atoms with Gasteiger partial charge in [-0.05, 0) is 35.4 Å². The predicted molar refractivity (Wildman–Crippen MR) is 78.8 cm³/mol. The summed E-state index contributed by atoms with van der Waals surface area (Å²) in [7, 11) is 0. The van der Waals surface area contributed by atoms with E-state index in [-0.39, 0.29) is 0 Å². The summed E-state index contributed by atoms with van der Waals surface area (Å²) in [5, 5.41) is 9.32. The van der Waals surface area contributed by atoms with Crippen molar-refractivity contribution >= 4 is 27.5 Å². The van der Waals surface area contributed by atoms with E-state index in [1.807, 2.05) is 30.3 Å². The first kappa shape index (κ1) is 14.1. The molecule has 0 aliphatic rings. The van der Waals surface area contributed by atoms with Crippen LogP contribution in [0.5, 0.6) is 0 Å². The van der Waals surface area contributed by atoms with Crippen LogP contribution in [0.25, 0.3) is 0 Å². The zero-order valence-corrected chi connectivity index (χ0v) is 12.4. The highest BCUT2D eigenvalue weighted by molar-refractivity contribution is 9.10. The van der Waals surface area contributed by atoms with Gasteiger partial charge in [0.15, 0.2) is 0 Å². The van der Waals surface area contributed by atoms with Crippen LogP contribution in [0.3, 0.4) is 0 Å². The minimum atomic E-state index is 0.431. The standard InChI is InChI=1S/C15H11BrClNO/c16-14-5-2-11(3-6-14)9-19-10-13-4-1-12(8-18)7-15(13)17/h1-7H,9-10H2. The van der Waals surface area contributed by atoms with E-state index in [1.54, 1.807) is 12.1 Å². The van der Waals surface area contributed by atoms with Crippen LogP contribution in [0.1, 0.15) is 16.7 Å². The second-order valence-electron chi connectivity index (χ2n) is 4.04. The number of nitriles is 1. The molecule has 19 heavy (non-hydrogen) atoms. The monoisotopic (exact) mass is 335 g/mol. The Labute approximate surface area is 125 Å². The van der Waals surface area contributed by atoms with Crippen LogP contribution in [0.15, 0.2) is 46.9 Å². The second-order valence-corrected chi connectivity index (χ2v) is 5.36. The fourth-order valence-corrected chi connectivity index (χ4v) is 2.09. The third-order valence-electron chi connectivity index (χ3n) is 2.62. The number of ether oxygens (including phenoxy) is 1. The first-order chi connectivity index (χ1) is 9.19. The smallest absolute Gasteiger partial charge is 0.0992 e. The average Bonchev–Trinajstić information content (AvgIpc) is 2.42. The molecule has 2 aromatic rings. The summed E-state index contributed by atoms with van der Waals surface area (Å²) >= 11 is 9.46. The van der Waals surface area contributed by atoms with Crippen molar-refractivity contribution in [3.05, 3.63) is 68.7 Å². The minimum absolute atomic E-state index is 0.431. The maximum atomic E-state index is 8.76. The minimum Gasteiger partial charge on any atom is -0.372 e. The van der Waals surface area contributed by atoms with Crippen molar-refractivity contribution in [3.63, 3.8) is 0 Å². The lowest BCUT2D eigenvalue weighted by Crippen LogP contribution is -1.95. The molecule has 96 valence electrons. The van der Waals surface area contributed by atoms with E-state index in [1.165, 1.54) is 0 Å². The Morgan fingerprint density at radius 1 is 1.11 bits per heavy atom. The van der Waals surface area contributed by atoms with E-state index in [0.717, 1.165) is 15.6 Å². The molecule has 0 amide bonds. The number of nitrogens with zero attached hydrogens (tertiary/aromatic N) is 1. The van der Waals surface area contributed by atoms with Gasteiger partial charge in [-0.2, -0.15) is 5.26 Å². The summed E-state index contributed by atoms with van der Waals surface area (Å²) in [6.45, 7) is 0.963. The molecule has 0 atom stereocenters. The Hall–Kier alpha value is -1.34. The fourth-order valence-electron chi connectivity index (χ4n) is 1.59. The lowest BCUT2D eigenvalue weighted by atomic mass is 10.1. The summed E-state index contributed by atoms with van der Waals surface area (Å²) in [4.78, 5) is 0. The highest BCUT2D eigenvalue weighted by Crippen LogP contribution is 2.19. The van der Waals surface area contributed by atoms with Gasteiger partial charge in [0, 0.05) is 9.50 Å². The molecule has 0 fully saturated rings. The van der Waals surface area contributed by atoms with Crippen LogP contribution in [0, 0.1) is 11.3 Å². The Morgan fingerprint density at radius 2 is 1.84 bits per heavy atom. The van der Waals surface area contributed by atoms with E-state index in [0.29, 0.717) is 23.8 Å². The van der Waals surface area contributed by atoms with E-state index in [2.05, 4.69) is 22.0 Å². The van der Waals surface area contributed by atoms with E-state index in [4.69, 9.17) is 21.6 Å². The zero-order chi connectivity index (χ0) is 13.7. The largest absolute Gasteiger partial charge is 0.372 e. The van der Waals surface area contributed by atoms with Gasteiger partial charge >= 0.3 is 0 Å². The van der Waals surface area contributed by atoms with E-state index < -0.39 is 0 Å². The molecule has 0 saturated carbocycles. The van der Waals surface area contributed by atoms with Crippen LogP contribution in [0.4, 0.5) is 0 Å². The number of benzene rings is 2. The molecule has 0 bridgehead atoms. The maximum Gasteiger partial charge on any atom is 0.0992 e. The molecular formula is C15H11BrClNO. The molecular weight excluding hydrogens is 326 g/mol. The van der Waals surface area contributed by atoms with Gasteiger partial charge in [-0.25, -0.2) is 0 Å². The van der Waals surface area contributed by atoms with Crippen molar-refractivity contribution < 1.29 is 4.74 Å². The van der Waals surface area contributed by atoms with Gasteiger partial charge in [0.1, 0.15) is 0 Å². The normalized spacial score (nSPS) is 10.2. The number of hydrogen-bond donors (Lipinski definition) is 0. The molecule has 2 rings (SSSR count). The predicted octanol–water partition coefficient (Wildman–Crippen LogP) is 4.69. The Bertz CT molecular complexity index is 605. The van der Waals surface area contributed by atoms with Crippen LogP contribution >= 0.6 is 27.5 Å². The van der Waals surface area contributed by atoms with Crippen LogP contribution in [0.2, 0.25) is 5.02 Å². The van der Waals surface area contributed by atoms with Crippen molar-refractivity contribution in [1.82, 2.24) is 0 Å². The molecule has 2 aromatic carbocycles. The van der Waals surface area contributed by atoms with Crippen LogP contribution < -0.4 is 0 Å². The van der Waals surface area contributed by atoms with Gasteiger partial charge in [0.2, 0.25) is 0 Å². The van der Waals surface area contributed by atoms with Crippen LogP contribution in [-0.4, -0.2) is 0 Å². The highest BCUT2D eigenvalue weighted by atomic mass is 79.9. The van der Waals surface area contributed by atoms with Gasteiger partial charge in [0.05, 0.1) is 24.8 Å².